The topological polar surface area (TPSA) is 52.9 Å². The van der Waals surface area contributed by atoms with E-state index in [2.05, 4.69) is 30.4 Å². The molecular formula is C16H20N2O. The quantitative estimate of drug-likeness (QED) is 0.900. The number of benzene rings is 1. The van der Waals surface area contributed by atoms with Gasteiger partial charge in [0.15, 0.2) is 0 Å². The predicted molar refractivity (Wildman–Crippen MR) is 74.4 cm³/mol. The lowest BCUT2D eigenvalue weighted by molar-refractivity contribution is -0.128. The second-order valence-electron chi connectivity index (χ2n) is 5.42. The van der Waals surface area contributed by atoms with Gasteiger partial charge in [0.2, 0.25) is 5.91 Å². The van der Waals surface area contributed by atoms with E-state index in [1.165, 1.54) is 5.56 Å². The van der Waals surface area contributed by atoms with Crippen LogP contribution in [0.25, 0.3) is 0 Å². The zero-order chi connectivity index (χ0) is 13.7. The average Bonchev–Trinajstić information content (AvgIpc) is 2.95. The van der Waals surface area contributed by atoms with Gasteiger partial charge in [-0.15, -0.1) is 0 Å². The molecule has 3 nitrogen and oxygen atoms in total. The number of amides is 1. The average molecular weight is 256 g/mol. The minimum Gasteiger partial charge on any atom is -0.354 e. The Labute approximate surface area is 114 Å². The van der Waals surface area contributed by atoms with E-state index in [-0.39, 0.29) is 11.8 Å². The third kappa shape index (κ3) is 2.96. The predicted octanol–water partition coefficient (Wildman–Crippen LogP) is 2.99. The maximum Gasteiger partial charge on any atom is 0.240 e. The van der Waals surface area contributed by atoms with Gasteiger partial charge in [-0.2, -0.15) is 5.26 Å². The number of carbonyl (C=O) groups is 1. The molecule has 0 saturated heterocycles. The number of rotatable bonds is 4. The number of hydrogen-bond acceptors (Lipinski definition) is 2. The molecule has 2 rings (SSSR count). The lowest BCUT2D eigenvalue weighted by Gasteiger charge is -2.21. The van der Waals surface area contributed by atoms with Crippen molar-refractivity contribution < 1.29 is 4.79 Å². The first kappa shape index (κ1) is 13.6. The van der Waals surface area contributed by atoms with Crippen molar-refractivity contribution in [2.75, 3.05) is 6.54 Å². The van der Waals surface area contributed by atoms with Gasteiger partial charge in [0.05, 0.1) is 6.07 Å². The van der Waals surface area contributed by atoms with Crippen LogP contribution in [-0.2, 0) is 4.79 Å². The second-order valence-corrected chi connectivity index (χ2v) is 5.42. The van der Waals surface area contributed by atoms with Crippen molar-refractivity contribution in [2.24, 2.45) is 5.41 Å². The SMILES string of the molecule is CC(CNC(=O)C1(C#N)CCCC1)c1ccccc1. The van der Waals surface area contributed by atoms with E-state index >= 15 is 0 Å². The Kier molecular flexibility index (Phi) is 4.21. The van der Waals surface area contributed by atoms with Gasteiger partial charge >= 0.3 is 0 Å². The molecule has 0 aliphatic heterocycles. The van der Waals surface area contributed by atoms with Crippen LogP contribution in [0.2, 0.25) is 0 Å². The van der Waals surface area contributed by atoms with E-state index in [1.807, 2.05) is 18.2 Å². The molecule has 100 valence electrons. The van der Waals surface area contributed by atoms with Gasteiger partial charge in [-0.1, -0.05) is 50.1 Å². The van der Waals surface area contributed by atoms with E-state index in [4.69, 9.17) is 0 Å². The van der Waals surface area contributed by atoms with E-state index in [9.17, 15) is 10.1 Å². The first-order valence-electron chi connectivity index (χ1n) is 6.92. The van der Waals surface area contributed by atoms with Gasteiger partial charge in [0, 0.05) is 6.54 Å². The molecule has 1 aliphatic carbocycles. The van der Waals surface area contributed by atoms with Crippen LogP contribution in [-0.4, -0.2) is 12.5 Å². The lowest BCUT2D eigenvalue weighted by Crippen LogP contribution is -2.39. The smallest absolute Gasteiger partial charge is 0.240 e. The standard InChI is InChI=1S/C16H20N2O/c1-13(14-7-3-2-4-8-14)11-18-15(19)16(12-17)9-5-6-10-16/h2-4,7-8,13H,5-6,9-11H2,1H3,(H,18,19). The van der Waals surface area contributed by atoms with Gasteiger partial charge in [-0.05, 0) is 24.3 Å². The molecule has 1 saturated carbocycles. The lowest BCUT2D eigenvalue weighted by atomic mass is 9.87. The number of hydrogen-bond donors (Lipinski definition) is 1. The van der Waals surface area contributed by atoms with Crippen molar-refractivity contribution in [2.45, 2.75) is 38.5 Å². The van der Waals surface area contributed by atoms with E-state index in [1.54, 1.807) is 0 Å². The van der Waals surface area contributed by atoms with E-state index in [0.717, 1.165) is 12.8 Å². The van der Waals surface area contributed by atoms with E-state index < -0.39 is 5.41 Å². The van der Waals surface area contributed by atoms with Gasteiger partial charge in [-0.3, -0.25) is 4.79 Å². The molecule has 3 heteroatoms. The van der Waals surface area contributed by atoms with Crippen LogP contribution >= 0.6 is 0 Å². The monoisotopic (exact) mass is 256 g/mol. The van der Waals surface area contributed by atoms with Gasteiger partial charge < -0.3 is 5.32 Å². The van der Waals surface area contributed by atoms with Crippen molar-refractivity contribution in [1.82, 2.24) is 5.32 Å². The van der Waals surface area contributed by atoms with E-state index in [0.29, 0.717) is 19.4 Å². The van der Waals surface area contributed by atoms with Crippen molar-refractivity contribution in [1.29, 1.82) is 5.26 Å². The molecule has 1 fully saturated rings. The summed E-state index contributed by atoms with van der Waals surface area (Å²) in [7, 11) is 0. The van der Waals surface area contributed by atoms with Crippen LogP contribution < -0.4 is 5.32 Å². The van der Waals surface area contributed by atoms with Crippen molar-refractivity contribution in [3.63, 3.8) is 0 Å². The fourth-order valence-corrected chi connectivity index (χ4v) is 2.68. The summed E-state index contributed by atoms with van der Waals surface area (Å²) in [5.74, 6) is 0.178. The molecular weight excluding hydrogens is 236 g/mol. The third-order valence-electron chi connectivity index (χ3n) is 4.04. The zero-order valence-corrected chi connectivity index (χ0v) is 11.4. The summed E-state index contributed by atoms with van der Waals surface area (Å²) in [6.45, 7) is 2.68. The molecule has 0 bridgehead atoms. The number of nitrogens with zero attached hydrogens (tertiary/aromatic N) is 1. The highest BCUT2D eigenvalue weighted by molar-refractivity contribution is 5.85. The van der Waals surface area contributed by atoms with Crippen LogP contribution in [0.15, 0.2) is 30.3 Å². The summed E-state index contributed by atoms with van der Waals surface area (Å²) >= 11 is 0. The Hall–Kier alpha value is -1.82. The Balaban J connectivity index is 1.92. The minimum atomic E-state index is -0.767. The molecule has 0 aromatic heterocycles. The molecule has 1 aliphatic rings. The molecule has 1 N–H and O–H groups in total. The summed E-state index contributed by atoms with van der Waals surface area (Å²) < 4.78 is 0. The molecule has 0 heterocycles. The molecule has 1 atom stereocenters. The molecule has 1 amide bonds. The number of carbonyl (C=O) groups excluding carboxylic acids is 1. The maximum atomic E-state index is 12.2. The Morgan fingerprint density at radius 1 is 1.37 bits per heavy atom. The molecule has 0 spiro atoms. The van der Waals surface area contributed by atoms with Crippen molar-refractivity contribution in [3.8, 4) is 6.07 Å². The maximum absolute atomic E-state index is 12.2. The number of nitrogens with one attached hydrogen (secondary N) is 1. The first-order valence-corrected chi connectivity index (χ1v) is 6.92. The Morgan fingerprint density at radius 3 is 2.58 bits per heavy atom. The Morgan fingerprint density at radius 2 is 2.00 bits per heavy atom. The van der Waals surface area contributed by atoms with Crippen LogP contribution in [0.4, 0.5) is 0 Å². The van der Waals surface area contributed by atoms with Crippen molar-refractivity contribution in [3.05, 3.63) is 35.9 Å². The molecule has 1 aromatic rings. The highest BCUT2D eigenvalue weighted by atomic mass is 16.2. The Bertz CT molecular complexity index is 469. The summed E-state index contributed by atoms with van der Waals surface area (Å²) in [6, 6.07) is 12.3. The van der Waals surface area contributed by atoms with Crippen LogP contribution in [0, 0.1) is 16.7 Å². The van der Waals surface area contributed by atoms with Crippen LogP contribution in [0.5, 0.6) is 0 Å². The highest BCUT2D eigenvalue weighted by Gasteiger charge is 2.41. The van der Waals surface area contributed by atoms with Crippen molar-refractivity contribution >= 4 is 5.91 Å². The molecule has 19 heavy (non-hydrogen) atoms. The zero-order valence-electron chi connectivity index (χ0n) is 11.4. The third-order valence-corrected chi connectivity index (χ3v) is 4.04. The highest BCUT2D eigenvalue weighted by Crippen LogP contribution is 2.37. The van der Waals surface area contributed by atoms with Crippen LogP contribution in [0.3, 0.4) is 0 Å². The van der Waals surface area contributed by atoms with Gasteiger partial charge in [-0.25, -0.2) is 0 Å². The summed E-state index contributed by atoms with van der Waals surface area (Å²) in [5, 5.41) is 12.2. The fourth-order valence-electron chi connectivity index (χ4n) is 2.68. The largest absolute Gasteiger partial charge is 0.354 e. The summed E-state index contributed by atoms with van der Waals surface area (Å²) in [6.07, 6.45) is 3.37. The second kappa shape index (κ2) is 5.88. The molecule has 0 radical (unpaired) electrons. The summed E-state index contributed by atoms with van der Waals surface area (Å²) in [4.78, 5) is 12.2. The van der Waals surface area contributed by atoms with Gasteiger partial charge in [0.1, 0.15) is 5.41 Å². The number of nitriles is 1. The fraction of sp³-hybridized carbons (Fsp3) is 0.500. The molecule has 1 aromatic carbocycles. The first-order chi connectivity index (χ1) is 9.18. The van der Waals surface area contributed by atoms with Crippen LogP contribution in [0.1, 0.15) is 44.1 Å². The summed E-state index contributed by atoms with van der Waals surface area (Å²) in [5.41, 5.74) is 0.441. The normalized spacial score (nSPS) is 18.5. The molecule has 1 unspecified atom stereocenters. The minimum absolute atomic E-state index is 0.0877. The van der Waals surface area contributed by atoms with Gasteiger partial charge in [0.25, 0.3) is 0 Å².